The summed E-state index contributed by atoms with van der Waals surface area (Å²) in [5.41, 5.74) is 3.34. The molecule has 0 atom stereocenters. The van der Waals surface area contributed by atoms with Gasteiger partial charge in [0.2, 0.25) is 5.91 Å². The lowest BCUT2D eigenvalue weighted by Gasteiger charge is -2.01. The fraction of sp³-hybridized carbons (Fsp3) is 0.133. The highest BCUT2D eigenvalue weighted by Crippen LogP contribution is 2.20. The molecule has 0 fully saturated rings. The number of hydrogen-bond donors (Lipinski definition) is 1. The summed E-state index contributed by atoms with van der Waals surface area (Å²) in [4.78, 5) is 16.6. The van der Waals surface area contributed by atoms with Crippen molar-refractivity contribution in [2.45, 2.75) is 11.3 Å². The molecular formula is C15H14ClN3OS. The minimum absolute atomic E-state index is 0.114. The van der Waals surface area contributed by atoms with Crippen molar-refractivity contribution in [3.63, 3.8) is 0 Å². The zero-order valence-corrected chi connectivity index (χ0v) is 12.8. The van der Waals surface area contributed by atoms with Gasteiger partial charge in [-0.3, -0.25) is 9.78 Å². The molecule has 1 N–H and O–H groups in total. The Hall–Kier alpha value is -1.85. The monoisotopic (exact) mass is 319 g/mol. The Morgan fingerprint density at radius 1 is 1.33 bits per heavy atom. The second-order valence-corrected chi connectivity index (χ2v) is 5.74. The largest absolute Gasteiger partial charge is 0.273 e. The van der Waals surface area contributed by atoms with Gasteiger partial charge in [-0.05, 0) is 30.3 Å². The fourth-order valence-electron chi connectivity index (χ4n) is 1.48. The predicted octanol–water partition coefficient (Wildman–Crippen LogP) is 3.37. The Kier molecular flexibility index (Phi) is 6.24. The molecule has 2 aromatic rings. The lowest BCUT2D eigenvalue weighted by atomic mass is 10.3. The molecule has 2 rings (SSSR count). The SMILES string of the molecule is O=C(CCSc1ccc(Cl)cc1)N/N=C\c1cccnc1. The molecule has 4 nitrogen and oxygen atoms in total. The maximum absolute atomic E-state index is 11.6. The predicted molar refractivity (Wildman–Crippen MR) is 86.8 cm³/mol. The van der Waals surface area contributed by atoms with Crippen LogP contribution in [-0.2, 0) is 4.79 Å². The number of nitrogens with zero attached hydrogens (tertiary/aromatic N) is 2. The average Bonchev–Trinajstić information content (AvgIpc) is 2.50. The molecule has 0 spiro atoms. The first kappa shape index (κ1) is 15.5. The summed E-state index contributed by atoms with van der Waals surface area (Å²) in [5, 5.41) is 4.60. The summed E-state index contributed by atoms with van der Waals surface area (Å²) in [7, 11) is 0. The quantitative estimate of drug-likeness (QED) is 0.504. The van der Waals surface area contributed by atoms with Crippen molar-refractivity contribution in [1.29, 1.82) is 0 Å². The van der Waals surface area contributed by atoms with Crippen LogP contribution in [0.2, 0.25) is 5.02 Å². The van der Waals surface area contributed by atoms with Crippen molar-refractivity contribution in [2.75, 3.05) is 5.75 Å². The highest BCUT2D eigenvalue weighted by molar-refractivity contribution is 7.99. The number of hydrazone groups is 1. The lowest BCUT2D eigenvalue weighted by Crippen LogP contribution is -2.17. The van der Waals surface area contributed by atoms with E-state index >= 15 is 0 Å². The number of aromatic nitrogens is 1. The van der Waals surface area contributed by atoms with E-state index in [9.17, 15) is 4.79 Å². The van der Waals surface area contributed by atoms with E-state index in [1.54, 1.807) is 30.4 Å². The highest BCUT2D eigenvalue weighted by Gasteiger charge is 2.00. The van der Waals surface area contributed by atoms with Gasteiger partial charge >= 0.3 is 0 Å². The standard InChI is InChI=1S/C15H14ClN3OS/c16-13-3-5-14(6-4-13)21-9-7-15(20)19-18-11-12-2-1-8-17-10-12/h1-6,8,10-11H,7,9H2,(H,19,20)/b18-11-. The highest BCUT2D eigenvalue weighted by atomic mass is 35.5. The van der Waals surface area contributed by atoms with Gasteiger partial charge in [0.25, 0.3) is 0 Å². The number of nitrogens with one attached hydrogen (secondary N) is 1. The average molecular weight is 320 g/mol. The smallest absolute Gasteiger partial charge is 0.240 e. The third-order valence-electron chi connectivity index (χ3n) is 2.50. The summed E-state index contributed by atoms with van der Waals surface area (Å²) in [6.45, 7) is 0. The number of pyridine rings is 1. The van der Waals surface area contributed by atoms with Crippen LogP contribution in [0.1, 0.15) is 12.0 Å². The molecule has 6 heteroatoms. The molecule has 1 aromatic heterocycles. The second kappa shape index (κ2) is 8.44. The van der Waals surface area contributed by atoms with Crippen molar-refractivity contribution >= 4 is 35.5 Å². The molecule has 1 heterocycles. The molecule has 0 aliphatic carbocycles. The molecule has 0 aliphatic rings. The zero-order valence-electron chi connectivity index (χ0n) is 11.2. The minimum atomic E-state index is -0.114. The van der Waals surface area contributed by atoms with Gasteiger partial charge in [-0.25, -0.2) is 5.43 Å². The zero-order chi connectivity index (χ0) is 14.9. The number of hydrogen-bond acceptors (Lipinski definition) is 4. The molecule has 1 amide bonds. The molecule has 108 valence electrons. The van der Waals surface area contributed by atoms with Gasteiger partial charge < -0.3 is 0 Å². The van der Waals surface area contributed by atoms with Crippen LogP contribution in [0.25, 0.3) is 0 Å². The van der Waals surface area contributed by atoms with Crippen molar-refractivity contribution in [3.8, 4) is 0 Å². The Morgan fingerprint density at radius 2 is 2.14 bits per heavy atom. The van der Waals surface area contributed by atoms with Crippen LogP contribution in [0.15, 0.2) is 58.8 Å². The summed E-state index contributed by atoms with van der Waals surface area (Å²) in [5.74, 6) is 0.576. The first-order valence-electron chi connectivity index (χ1n) is 6.34. The fourth-order valence-corrected chi connectivity index (χ4v) is 2.46. The van der Waals surface area contributed by atoms with Crippen LogP contribution in [0.3, 0.4) is 0 Å². The van der Waals surface area contributed by atoms with Gasteiger partial charge in [0.15, 0.2) is 0 Å². The molecule has 21 heavy (non-hydrogen) atoms. The second-order valence-electron chi connectivity index (χ2n) is 4.13. The molecule has 0 bridgehead atoms. The van der Waals surface area contributed by atoms with Crippen LogP contribution >= 0.6 is 23.4 Å². The van der Waals surface area contributed by atoms with Crippen LogP contribution in [0, 0.1) is 0 Å². The van der Waals surface area contributed by atoms with Crippen molar-refractivity contribution in [3.05, 3.63) is 59.4 Å². The topological polar surface area (TPSA) is 54.4 Å². The summed E-state index contributed by atoms with van der Waals surface area (Å²) < 4.78 is 0. The molecule has 0 saturated heterocycles. The van der Waals surface area contributed by atoms with Crippen LogP contribution < -0.4 is 5.43 Å². The molecule has 0 aliphatic heterocycles. The maximum atomic E-state index is 11.6. The Morgan fingerprint density at radius 3 is 2.86 bits per heavy atom. The molecule has 0 saturated carbocycles. The van der Waals surface area contributed by atoms with Crippen LogP contribution in [0.4, 0.5) is 0 Å². The van der Waals surface area contributed by atoms with E-state index in [0.717, 1.165) is 10.5 Å². The van der Waals surface area contributed by atoms with Crippen molar-refractivity contribution in [2.24, 2.45) is 5.10 Å². The van der Waals surface area contributed by atoms with E-state index in [-0.39, 0.29) is 5.91 Å². The van der Waals surface area contributed by atoms with E-state index in [1.165, 1.54) is 0 Å². The number of amides is 1. The number of thioether (sulfide) groups is 1. The number of benzene rings is 1. The molecule has 0 unspecified atom stereocenters. The van der Waals surface area contributed by atoms with Gasteiger partial charge in [-0.2, -0.15) is 5.10 Å². The Balaban J connectivity index is 1.68. The Labute approximate surface area is 132 Å². The van der Waals surface area contributed by atoms with E-state index in [0.29, 0.717) is 17.2 Å². The van der Waals surface area contributed by atoms with Gasteiger partial charge in [0.05, 0.1) is 6.21 Å². The van der Waals surface area contributed by atoms with Gasteiger partial charge in [-0.15, -0.1) is 11.8 Å². The van der Waals surface area contributed by atoms with Gasteiger partial charge in [0.1, 0.15) is 0 Å². The number of carbonyl (C=O) groups is 1. The first-order chi connectivity index (χ1) is 10.2. The minimum Gasteiger partial charge on any atom is -0.273 e. The van der Waals surface area contributed by atoms with E-state index in [4.69, 9.17) is 11.6 Å². The van der Waals surface area contributed by atoms with Crippen molar-refractivity contribution in [1.82, 2.24) is 10.4 Å². The summed E-state index contributed by atoms with van der Waals surface area (Å²) in [6.07, 6.45) is 5.32. The maximum Gasteiger partial charge on any atom is 0.240 e. The van der Waals surface area contributed by atoms with Gasteiger partial charge in [-0.1, -0.05) is 17.7 Å². The van der Waals surface area contributed by atoms with Gasteiger partial charge in [0, 0.05) is 40.0 Å². The lowest BCUT2D eigenvalue weighted by molar-refractivity contribution is -0.120. The third kappa shape index (κ3) is 5.97. The first-order valence-corrected chi connectivity index (χ1v) is 7.71. The van der Waals surface area contributed by atoms with Crippen LogP contribution in [0.5, 0.6) is 0 Å². The van der Waals surface area contributed by atoms with E-state index < -0.39 is 0 Å². The van der Waals surface area contributed by atoms with Crippen molar-refractivity contribution < 1.29 is 4.79 Å². The third-order valence-corrected chi connectivity index (χ3v) is 3.76. The number of carbonyl (C=O) groups excluding carboxylic acids is 1. The Bertz CT molecular complexity index is 602. The molecular weight excluding hydrogens is 306 g/mol. The van der Waals surface area contributed by atoms with Crippen LogP contribution in [-0.4, -0.2) is 22.9 Å². The normalized spacial score (nSPS) is 10.7. The number of rotatable bonds is 6. The summed E-state index contributed by atoms with van der Waals surface area (Å²) >= 11 is 7.42. The van der Waals surface area contributed by atoms with E-state index in [2.05, 4.69) is 15.5 Å². The summed E-state index contributed by atoms with van der Waals surface area (Å²) in [6, 6.07) is 11.2. The molecule has 1 aromatic carbocycles. The molecule has 0 radical (unpaired) electrons. The number of halogens is 1. The van der Waals surface area contributed by atoms with E-state index in [1.807, 2.05) is 36.4 Å².